The van der Waals surface area contributed by atoms with E-state index in [1.165, 1.54) is 0 Å². The van der Waals surface area contributed by atoms with E-state index in [9.17, 15) is 4.79 Å². The van der Waals surface area contributed by atoms with Crippen molar-refractivity contribution < 1.29 is 9.90 Å². The fourth-order valence-electron chi connectivity index (χ4n) is 1.36. The predicted octanol–water partition coefficient (Wildman–Crippen LogP) is 2.04. The lowest BCUT2D eigenvalue weighted by Crippen LogP contribution is -2.22. The number of thioether (sulfide) groups is 1. The van der Waals surface area contributed by atoms with Gasteiger partial charge >= 0.3 is 5.97 Å². The number of carboxylic acid groups (broad SMARTS) is 1. The largest absolute Gasteiger partial charge is 0.481 e. The van der Waals surface area contributed by atoms with Gasteiger partial charge in [0.2, 0.25) is 0 Å². The van der Waals surface area contributed by atoms with Crippen LogP contribution in [-0.2, 0) is 4.79 Å². The maximum absolute atomic E-state index is 10.4. The Hall–Kier alpha value is -1.51. The zero-order valence-corrected chi connectivity index (χ0v) is 10.3. The average molecular weight is 250 g/mol. The van der Waals surface area contributed by atoms with Crippen molar-refractivity contribution >= 4 is 17.7 Å². The maximum Gasteiger partial charge on any atom is 0.304 e. The molecule has 4 nitrogen and oxygen atoms in total. The third-order valence-corrected chi connectivity index (χ3v) is 3.01. The molecule has 1 atom stereocenters. The van der Waals surface area contributed by atoms with Gasteiger partial charge in [0, 0.05) is 11.4 Å². The number of benzene rings is 1. The summed E-state index contributed by atoms with van der Waals surface area (Å²) >= 11 is 1.64. The Morgan fingerprint density at radius 3 is 2.65 bits per heavy atom. The Labute approximate surface area is 105 Å². The fraction of sp³-hybridized carbons (Fsp3) is 0.333. The standard InChI is InChI=1S/C12H14N2O2S/c1-17-10-4-2-9(3-5-10)11(8-13)14-7-6-12(15)16/h2-5,11,14H,6-7H2,1H3,(H,15,16). The van der Waals surface area contributed by atoms with Crippen LogP contribution >= 0.6 is 11.8 Å². The van der Waals surface area contributed by atoms with Gasteiger partial charge in [0.15, 0.2) is 0 Å². The van der Waals surface area contributed by atoms with Gasteiger partial charge in [-0.1, -0.05) is 12.1 Å². The molecular weight excluding hydrogens is 236 g/mol. The Kier molecular flexibility index (Phi) is 5.53. The molecular formula is C12H14N2O2S. The van der Waals surface area contributed by atoms with Crippen molar-refractivity contribution in [3.8, 4) is 6.07 Å². The summed E-state index contributed by atoms with van der Waals surface area (Å²) < 4.78 is 0. The minimum Gasteiger partial charge on any atom is -0.481 e. The van der Waals surface area contributed by atoms with Gasteiger partial charge in [-0.2, -0.15) is 5.26 Å². The van der Waals surface area contributed by atoms with Gasteiger partial charge in [-0.15, -0.1) is 11.8 Å². The molecule has 0 radical (unpaired) electrons. The van der Waals surface area contributed by atoms with Crippen LogP contribution < -0.4 is 5.32 Å². The summed E-state index contributed by atoms with van der Waals surface area (Å²) in [7, 11) is 0. The van der Waals surface area contributed by atoms with E-state index in [0.29, 0.717) is 0 Å². The van der Waals surface area contributed by atoms with Crippen LogP contribution in [0, 0.1) is 11.3 Å². The minimum atomic E-state index is -0.869. The number of nitrogens with one attached hydrogen (secondary N) is 1. The zero-order chi connectivity index (χ0) is 12.7. The lowest BCUT2D eigenvalue weighted by Gasteiger charge is -2.11. The van der Waals surface area contributed by atoms with E-state index < -0.39 is 12.0 Å². The van der Waals surface area contributed by atoms with E-state index in [0.717, 1.165) is 10.5 Å². The molecule has 0 heterocycles. The number of hydrogen-bond acceptors (Lipinski definition) is 4. The van der Waals surface area contributed by atoms with Crippen molar-refractivity contribution in [3.63, 3.8) is 0 Å². The van der Waals surface area contributed by atoms with Gasteiger partial charge in [-0.3, -0.25) is 10.1 Å². The Bertz CT molecular complexity index is 412. The third kappa shape index (κ3) is 4.47. The summed E-state index contributed by atoms with van der Waals surface area (Å²) in [6.07, 6.45) is 2.00. The highest BCUT2D eigenvalue weighted by molar-refractivity contribution is 7.98. The van der Waals surface area contributed by atoms with E-state index in [1.807, 2.05) is 30.5 Å². The highest BCUT2D eigenvalue weighted by atomic mass is 32.2. The van der Waals surface area contributed by atoms with Crippen LogP contribution in [0.4, 0.5) is 0 Å². The Balaban J connectivity index is 2.60. The monoisotopic (exact) mass is 250 g/mol. The highest BCUT2D eigenvalue weighted by Crippen LogP contribution is 2.18. The number of aliphatic carboxylic acids is 1. The molecule has 17 heavy (non-hydrogen) atoms. The first-order chi connectivity index (χ1) is 8.17. The second-order valence-electron chi connectivity index (χ2n) is 3.43. The van der Waals surface area contributed by atoms with Crippen molar-refractivity contribution in [1.29, 1.82) is 5.26 Å². The topological polar surface area (TPSA) is 73.1 Å². The first-order valence-electron chi connectivity index (χ1n) is 5.16. The van der Waals surface area contributed by atoms with Crippen LogP contribution in [-0.4, -0.2) is 23.9 Å². The van der Waals surface area contributed by atoms with Gasteiger partial charge in [0.25, 0.3) is 0 Å². The molecule has 90 valence electrons. The van der Waals surface area contributed by atoms with Gasteiger partial charge in [-0.05, 0) is 24.0 Å². The number of hydrogen-bond donors (Lipinski definition) is 2. The molecule has 0 amide bonds. The van der Waals surface area contributed by atoms with E-state index in [-0.39, 0.29) is 13.0 Å². The van der Waals surface area contributed by atoms with Crippen LogP contribution in [0.15, 0.2) is 29.2 Å². The molecule has 0 spiro atoms. The molecule has 1 aromatic rings. The molecule has 1 aromatic carbocycles. The van der Waals surface area contributed by atoms with E-state index in [4.69, 9.17) is 10.4 Å². The third-order valence-electron chi connectivity index (χ3n) is 2.27. The van der Waals surface area contributed by atoms with Gasteiger partial charge < -0.3 is 5.11 Å². The van der Waals surface area contributed by atoms with Crippen LogP contribution in [0.2, 0.25) is 0 Å². The SMILES string of the molecule is CSc1ccc(C(C#N)NCCC(=O)O)cc1. The summed E-state index contributed by atoms with van der Waals surface area (Å²) in [4.78, 5) is 11.5. The van der Waals surface area contributed by atoms with Crippen molar-refractivity contribution in [2.24, 2.45) is 0 Å². The normalized spacial score (nSPS) is 11.8. The molecule has 2 N–H and O–H groups in total. The highest BCUT2D eigenvalue weighted by Gasteiger charge is 2.09. The Morgan fingerprint density at radius 2 is 2.18 bits per heavy atom. The van der Waals surface area contributed by atoms with Crippen molar-refractivity contribution in [3.05, 3.63) is 29.8 Å². The molecule has 0 aromatic heterocycles. The molecule has 1 unspecified atom stereocenters. The number of nitrogens with zero attached hydrogens (tertiary/aromatic N) is 1. The second kappa shape index (κ2) is 6.94. The lowest BCUT2D eigenvalue weighted by molar-refractivity contribution is -0.136. The summed E-state index contributed by atoms with van der Waals surface area (Å²) in [5.41, 5.74) is 0.857. The summed E-state index contributed by atoms with van der Waals surface area (Å²) in [6.45, 7) is 0.290. The van der Waals surface area contributed by atoms with Crippen LogP contribution in [0.5, 0.6) is 0 Å². The quantitative estimate of drug-likeness (QED) is 0.756. The molecule has 0 fully saturated rings. The molecule has 0 saturated heterocycles. The molecule has 0 aliphatic carbocycles. The molecule has 5 heteroatoms. The zero-order valence-electron chi connectivity index (χ0n) is 9.51. The van der Waals surface area contributed by atoms with Crippen molar-refractivity contribution in [1.82, 2.24) is 5.32 Å². The van der Waals surface area contributed by atoms with E-state index in [2.05, 4.69) is 11.4 Å². The average Bonchev–Trinajstić information content (AvgIpc) is 2.34. The molecule has 0 aliphatic heterocycles. The molecule has 0 saturated carbocycles. The smallest absolute Gasteiger partial charge is 0.304 e. The van der Waals surface area contributed by atoms with Crippen LogP contribution in [0.1, 0.15) is 18.0 Å². The van der Waals surface area contributed by atoms with E-state index >= 15 is 0 Å². The van der Waals surface area contributed by atoms with Crippen LogP contribution in [0.3, 0.4) is 0 Å². The number of rotatable bonds is 6. The summed E-state index contributed by atoms with van der Waals surface area (Å²) in [5, 5.41) is 20.4. The minimum absolute atomic E-state index is 0.0150. The van der Waals surface area contributed by atoms with Gasteiger partial charge in [0.05, 0.1) is 12.5 Å². The van der Waals surface area contributed by atoms with E-state index in [1.54, 1.807) is 11.8 Å². The predicted molar refractivity (Wildman–Crippen MR) is 66.8 cm³/mol. The molecule has 1 rings (SSSR count). The number of carbonyl (C=O) groups is 1. The fourth-order valence-corrected chi connectivity index (χ4v) is 1.77. The number of carboxylic acids is 1. The summed E-state index contributed by atoms with van der Waals surface area (Å²) in [5.74, 6) is -0.869. The Morgan fingerprint density at radius 1 is 1.53 bits per heavy atom. The lowest BCUT2D eigenvalue weighted by atomic mass is 10.1. The second-order valence-corrected chi connectivity index (χ2v) is 4.31. The van der Waals surface area contributed by atoms with Crippen molar-refractivity contribution in [2.45, 2.75) is 17.4 Å². The first-order valence-corrected chi connectivity index (χ1v) is 6.38. The van der Waals surface area contributed by atoms with Crippen LogP contribution in [0.25, 0.3) is 0 Å². The summed E-state index contributed by atoms with van der Waals surface area (Å²) in [6, 6.07) is 9.33. The first kappa shape index (κ1) is 13.6. The maximum atomic E-state index is 10.4. The van der Waals surface area contributed by atoms with Gasteiger partial charge in [-0.25, -0.2) is 0 Å². The number of nitriles is 1. The molecule has 0 aliphatic rings. The van der Waals surface area contributed by atoms with Gasteiger partial charge in [0.1, 0.15) is 6.04 Å². The molecule has 0 bridgehead atoms. The van der Waals surface area contributed by atoms with Crippen molar-refractivity contribution in [2.75, 3.05) is 12.8 Å².